The number of halogens is 2. The van der Waals surface area contributed by atoms with Crippen LogP contribution in [0.4, 0.5) is 5.95 Å². The van der Waals surface area contributed by atoms with Crippen molar-refractivity contribution in [3.63, 3.8) is 0 Å². The zero-order valence-electron chi connectivity index (χ0n) is 10.6. The maximum absolute atomic E-state index is 6.06. The molecule has 0 saturated carbocycles. The molecule has 3 aromatic rings. The number of nitrogens with two attached hydrogens (primary N) is 1. The van der Waals surface area contributed by atoms with Crippen molar-refractivity contribution in [2.75, 3.05) is 12.8 Å². The molecule has 6 heteroatoms. The molecule has 2 N–H and O–H groups in total. The average Bonchev–Trinajstić information content (AvgIpc) is 2.74. The fourth-order valence-corrected chi connectivity index (χ4v) is 3.23. The molecule has 4 nitrogen and oxygen atoms in total. The molecule has 0 aliphatic heterocycles. The molecule has 0 spiro atoms. The van der Waals surface area contributed by atoms with Gasteiger partial charge in [-0.25, -0.2) is 4.98 Å². The van der Waals surface area contributed by atoms with E-state index >= 15 is 0 Å². The van der Waals surface area contributed by atoms with Crippen molar-refractivity contribution in [1.82, 2.24) is 9.55 Å². The Balaban J connectivity index is 2.27. The van der Waals surface area contributed by atoms with Crippen LogP contribution in [-0.2, 0) is 0 Å². The second kappa shape index (κ2) is 5.14. The van der Waals surface area contributed by atoms with Crippen LogP contribution >= 0.6 is 34.2 Å². The van der Waals surface area contributed by atoms with E-state index in [0.29, 0.717) is 11.0 Å². The number of benzene rings is 2. The molecule has 3 rings (SSSR count). The third kappa shape index (κ3) is 2.20. The smallest absolute Gasteiger partial charge is 0.205 e. The van der Waals surface area contributed by atoms with Gasteiger partial charge in [0, 0.05) is 14.7 Å². The van der Waals surface area contributed by atoms with Gasteiger partial charge in [0.05, 0.1) is 23.8 Å². The van der Waals surface area contributed by atoms with Crippen molar-refractivity contribution in [2.24, 2.45) is 0 Å². The Kier molecular flexibility index (Phi) is 3.47. The van der Waals surface area contributed by atoms with Crippen molar-refractivity contribution in [3.8, 4) is 11.4 Å². The molecule has 0 unspecified atom stereocenters. The molecule has 20 heavy (non-hydrogen) atoms. The second-order valence-corrected chi connectivity index (χ2v) is 5.85. The summed E-state index contributed by atoms with van der Waals surface area (Å²) in [5.41, 5.74) is 8.75. The first-order valence-electron chi connectivity index (χ1n) is 5.87. The number of fused-ring (bicyclic) bond motifs is 1. The number of imidazole rings is 1. The molecule has 0 aliphatic carbocycles. The Bertz CT molecular complexity index is 800. The highest BCUT2D eigenvalue weighted by Crippen LogP contribution is 2.29. The van der Waals surface area contributed by atoms with Gasteiger partial charge in [-0.2, -0.15) is 0 Å². The van der Waals surface area contributed by atoms with Crippen LogP contribution in [0.15, 0.2) is 36.4 Å². The first-order valence-corrected chi connectivity index (χ1v) is 7.33. The molecule has 0 radical (unpaired) electrons. The minimum Gasteiger partial charge on any atom is -0.497 e. The van der Waals surface area contributed by atoms with Crippen LogP contribution in [0.3, 0.4) is 0 Å². The topological polar surface area (TPSA) is 53.1 Å². The Hall–Kier alpha value is -1.47. The largest absolute Gasteiger partial charge is 0.497 e. The predicted molar refractivity (Wildman–Crippen MR) is 89.8 cm³/mol. The predicted octanol–water partition coefficient (Wildman–Crippen LogP) is 3.87. The highest BCUT2D eigenvalue weighted by molar-refractivity contribution is 14.1. The summed E-state index contributed by atoms with van der Waals surface area (Å²) in [6.07, 6.45) is 0. The summed E-state index contributed by atoms with van der Waals surface area (Å²) in [6, 6.07) is 11.4. The maximum atomic E-state index is 6.06. The molecular weight excluding hydrogens is 389 g/mol. The number of hydrogen-bond donors (Lipinski definition) is 1. The number of rotatable bonds is 2. The summed E-state index contributed by atoms with van der Waals surface area (Å²) >= 11 is 8.24. The van der Waals surface area contributed by atoms with Gasteiger partial charge in [0.25, 0.3) is 0 Å². The number of nitrogen functional groups attached to an aromatic ring is 1. The van der Waals surface area contributed by atoms with Gasteiger partial charge in [-0.15, -0.1) is 0 Å². The monoisotopic (exact) mass is 399 g/mol. The molecule has 0 saturated heterocycles. The number of anilines is 1. The van der Waals surface area contributed by atoms with Crippen molar-refractivity contribution in [1.29, 1.82) is 0 Å². The highest BCUT2D eigenvalue weighted by atomic mass is 127. The molecule has 102 valence electrons. The first kappa shape index (κ1) is 13.5. The first-order chi connectivity index (χ1) is 9.60. The van der Waals surface area contributed by atoms with Gasteiger partial charge in [-0.1, -0.05) is 11.6 Å². The maximum Gasteiger partial charge on any atom is 0.205 e. The lowest BCUT2D eigenvalue weighted by Crippen LogP contribution is -2.02. The lowest BCUT2D eigenvalue weighted by molar-refractivity contribution is 0.415. The van der Waals surface area contributed by atoms with E-state index in [2.05, 4.69) is 27.6 Å². The number of aromatic nitrogens is 2. The van der Waals surface area contributed by atoms with E-state index < -0.39 is 0 Å². The van der Waals surface area contributed by atoms with Gasteiger partial charge in [-0.05, 0) is 52.9 Å². The van der Waals surface area contributed by atoms with Crippen LogP contribution in [-0.4, -0.2) is 16.7 Å². The molecule has 0 atom stereocenters. The van der Waals surface area contributed by atoms with E-state index in [4.69, 9.17) is 22.1 Å². The van der Waals surface area contributed by atoms with E-state index in [0.717, 1.165) is 26.0 Å². The molecule has 2 aromatic carbocycles. The quantitative estimate of drug-likeness (QED) is 0.666. The molecule has 0 aliphatic rings. The van der Waals surface area contributed by atoms with Crippen molar-refractivity contribution in [2.45, 2.75) is 0 Å². The molecule has 0 bridgehead atoms. The molecule has 1 aromatic heterocycles. The second-order valence-electron chi connectivity index (χ2n) is 4.26. The van der Waals surface area contributed by atoms with E-state index in [-0.39, 0.29) is 0 Å². The van der Waals surface area contributed by atoms with Gasteiger partial charge < -0.3 is 10.5 Å². The van der Waals surface area contributed by atoms with Gasteiger partial charge >= 0.3 is 0 Å². The van der Waals surface area contributed by atoms with Gasteiger partial charge in [-0.3, -0.25) is 4.57 Å². The third-order valence-electron chi connectivity index (χ3n) is 3.04. The van der Waals surface area contributed by atoms with Crippen LogP contribution in [0.1, 0.15) is 0 Å². The standard InChI is InChI=1S/C14H11ClIN3O/c1-20-9-3-5-13-11(7-9)18-14(17)19(13)12-4-2-8(15)6-10(12)16/h2-7H,1H3,(H2,17,18). The van der Waals surface area contributed by atoms with Crippen LogP contribution in [0.25, 0.3) is 16.7 Å². The summed E-state index contributed by atoms with van der Waals surface area (Å²) in [6.45, 7) is 0. The highest BCUT2D eigenvalue weighted by Gasteiger charge is 2.13. The number of methoxy groups -OCH3 is 1. The average molecular weight is 400 g/mol. The number of nitrogens with zero attached hydrogens (tertiary/aromatic N) is 2. The van der Waals surface area contributed by atoms with Gasteiger partial charge in [0.2, 0.25) is 5.95 Å². The van der Waals surface area contributed by atoms with E-state index in [1.807, 2.05) is 41.0 Å². The molecule has 1 heterocycles. The van der Waals surface area contributed by atoms with Crippen molar-refractivity contribution in [3.05, 3.63) is 45.0 Å². The number of hydrogen-bond acceptors (Lipinski definition) is 3. The zero-order valence-corrected chi connectivity index (χ0v) is 13.5. The minimum atomic E-state index is 0.438. The van der Waals surface area contributed by atoms with E-state index in [9.17, 15) is 0 Å². The van der Waals surface area contributed by atoms with Crippen LogP contribution in [0.2, 0.25) is 5.02 Å². The lowest BCUT2D eigenvalue weighted by Gasteiger charge is -2.09. The van der Waals surface area contributed by atoms with Crippen LogP contribution in [0.5, 0.6) is 5.75 Å². The van der Waals surface area contributed by atoms with Gasteiger partial charge in [0.15, 0.2) is 0 Å². The van der Waals surface area contributed by atoms with E-state index in [1.165, 1.54) is 0 Å². The SMILES string of the molecule is COc1ccc2c(c1)nc(N)n2-c1ccc(Cl)cc1I. The summed E-state index contributed by atoms with van der Waals surface area (Å²) in [5, 5.41) is 0.697. The summed E-state index contributed by atoms with van der Waals surface area (Å²) < 4.78 is 8.13. The Morgan fingerprint density at radius 3 is 2.75 bits per heavy atom. The molecule has 0 amide bonds. The summed E-state index contributed by atoms with van der Waals surface area (Å²) in [4.78, 5) is 4.39. The third-order valence-corrected chi connectivity index (χ3v) is 4.14. The fraction of sp³-hybridized carbons (Fsp3) is 0.0714. The minimum absolute atomic E-state index is 0.438. The Morgan fingerprint density at radius 1 is 1.25 bits per heavy atom. The Labute approximate surface area is 134 Å². The summed E-state index contributed by atoms with van der Waals surface area (Å²) in [5.74, 6) is 1.20. The normalized spacial score (nSPS) is 10.9. The van der Waals surface area contributed by atoms with E-state index in [1.54, 1.807) is 7.11 Å². The molecular formula is C14H11ClIN3O. The van der Waals surface area contributed by atoms with Crippen molar-refractivity contribution >= 4 is 51.2 Å². The van der Waals surface area contributed by atoms with Crippen LogP contribution < -0.4 is 10.5 Å². The summed E-state index contributed by atoms with van der Waals surface area (Å²) in [7, 11) is 1.63. The Morgan fingerprint density at radius 2 is 2.05 bits per heavy atom. The number of ether oxygens (including phenoxy) is 1. The van der Waals surface area contributed by atoms with Crippen LogP contribution in [0, 0.1) is 3.57 Å². The van der Waals surface area contributed by atoms with Gasteiger partial charge in [0.1, 0.15) is 5.75 Å². The molecule has 0 fully saturated rings. The van der Waals surface area contributed by atoms with Crippen molar-refractivity contribution < 1.29 is 4.74 Å². The lowest BCUT2D eigenvalue weighted by atomic mass is 10.2. The fourth-order valence-electron chi connectivity index (χ4n) is 2.12. The zero-order chi connectivity index (χ0) is 14.3.